The SMILES string of the molecule is CCOC(=O)C1=C(COc2ccc(F)cc2)NC(=O)NC1c1cccc([N+](=O)[O-])c1. The van der Waals surface area contributed by atoms with Crippen molar-refractivity contribution in [3.63, 3.8) is 0 Å². The molecule has 9 nitrogen and oxygen atoms in total. The summed E-state index contributed by atoms with van der Waals surface area (Å²) < 4.78 is 23.8. The molecule has 2 aromatic rings. The van der Waals surface area contributed by atoms with Gasteiger partial charge in [0.05, 0.1) is 28.8 Å². The number of nitrogens with one attached hydrogen (secondary N) is 2. The second-order valence-electron chi connectivity index (χ2n) is 6.24. The second-order valence-corrected chi connectivity index (χ2v) is 6.24. The molecule has 0 fully saturated rings. The number of carbonyl (C=O) groups excluding carboxylic acids is 2. The second kappa shape index (κ2) is 9.03. The van der Waals surface area contributed by atoms with Gasteiger partial charge in [-0.1, -0.05) is 12.1 Å². The molecule has 2 aromatic carbocycles. The van der Waals surface area contributed by atoms with Crippen molar-refractivity contribution >= 4 is 17.7 Å². The largest absolute Gasteiger partial charge is 0.487 e. The Balaban J connectivity index is 1.99. The molecule has 1 atom stereocenters. The summed E-state index contributed by atoms with van der Waals surface area (Å²) in [7, 11) is 0. The number of hydrogen-bond acceptors (Lipinski definition) is 6. The minimum absolute atomic E-state index is 0.0547. The smallest absolute Gasteiger partial charge is 0.338 e. The summed E-state index contributed by atoms with van der Waals surface area (Å²) in [4.78, 5) is 35.4. The normalized spacial score (nSPS) is 15.8. The lowest BCUT2D eigenvalue weighted by Crippen LogP contribution is -2.47. The van der Waals surface area contributed by atoms with Crippen LogP contribution in [-0.2, 0) is 9.53 Å². The number of nitro benzene ring substituents is 1. The van der Waals surface area contributed by atoms with Crippen LogP contribution >= 0.6 is 0 Å². The summed E-state index contributed by atoms with van der Waals surface area (Å²) in [5.41, 5.74) is 0.339. The van der Waals surface area contributed by atoms with Crippen molar-refractivity contribution in [3.05, 3.63) is 81.3 Å². The molecule has 30 heavy (non-hydrogen) atoms. The van der Waals surface area contributed by atoms with E-state index in [1.54, 1.807) is 13.0 Å². The van der Waals surface area contributed by atoms with E-state index in [4.69, 9.17) is 9.47 Å². The fourth-order valence-corrected chi connectivity index (χ4v) is 2.94. The lowest BCUT2D eigenvalue weighted by molar-refractivity contribution is -0.384. The van der Waals surface area contributed by atoms with Crippen molar-refractivity contribution < 1.29 is 28.4 Å². The molecule has 0 saturated carbocycles. The highest BCUT2D eigenvalue weighted by Gasteiger charge is 2.34. The summed E-state index contributed by atoms with van der Waals surface area (Å²) in [6.07, 6.45) is 0. The van der Waals surface area contributed by atoms with Crippen molar-refractivity contribution in [3.8, 4) is 5.75 Å². The van der Waals surface area contributed by atoms with Crippen LogP contribution in [0.3, 0.4) is 0 Å². The molecule has 3 rings (SSSR count). The maximum atomic E-state index is 13.1. The molecule has 0 spiro atoms. The molecule has 2 N–H and O–H groups in total. The highest BCUT2D eigenvalue weighted by atomic mass is 19.1. The quantitative estimate of drug-likeness (QED) is 0.408. The van der Waals surface area contributed by atoms with Crippen LogP contribution in [0.15, 0.2) is 59.8 Å². The fraction of sp³-hybridized carbons (Fsp3) is 0.200. The number of amides is 2. The van der Waals surface area contributed by atoms with Gasteiger partial charge in [-0.15, -0.1) is 0 Å². The molecule has 1 heterocycles. The van der Waals surface area contributed by atoms with Crippen LogP contribution in [0.4, 0.5) is 14.9 Å². The van der Waals surface area contributed by atoms with Crippen LogP contribution in [0.1, 0.15) is 18.5 Å². The van der Waals surface area contributed by atoms with Gasteiger partial charge in [0.1, 0.15) is 18.2 Å². The third kappa shape index (κ3) is 4.72. The van der Waals surface area contributed by atoms with E-state index in [1.165, 1.54) is 42.5 Å². The maximum absolute atomic E-state index is 13.1. The molecule has 2 amide bonds. The number of carbonyl (C=O) groups is 2. The molecule has 1 aliphatic rings. The van der Waals surface area contributed by atoms with Crippen LogP contribution in [0.25, 0.3) is 0 Å². The first-order chi connectivity index (χ1) is 14.4. The average molecular weight is 415 g/mol. The van der Waals surface area contributed by atoms with Gasteiger partial charge in [-0.25, -0.2) is 14.0 Å². The Morgan fingerprint density at radius 3 is 2.63 bits per heavy atom. The van der Waals surface area contributed by atoms with E-state index in [9.17, 15) is 24.1 Å². The van der Waals surface area contributed by atoms with E-state index in [0.717, 1.165) is 0 Å². The number of nitrogens with zero attached hydrogens (tertiary/aromatic N) is 1. The third-order valence-corrected chi connectivity index (χ3v) is 4.26. The number of rotatable bonds is 7. The first kappa shape index (κ1) is 20.8. The minimum Gasteiger partial charge on any atom is -0.487 e. The van der Waals surface area contributed by atoms with Crippen LogP contribution in [0.5, 0.6) is 5.75 Å². The number of urea groups is 1. The average Bonchev–Trinajstić information content (AvgIpc) is 2.73. The summed E-state index contributed by atoms with van der Waals surface area (Å²) in [5, 5.41) is 16.2. The molecule has 0 saturated heterocycles. The summed E-state index contributed by atoms with van der Waals surface area (Å²) >= 11 is 0. The monoisotopic (exact) mass is 415 g/mol. The van der Waals surface area contributed by atoms with E-state index in [2.05, 4.69) is 10.6 Å². The van der Waals surface area contributed by atoms with Gasteiger partial charge in [0.25, 0.3) is 5.69 Å². The molecule has 0 radical (unpaired) electrons. The van der Waals surface area contributed by atoms with Crippen molar-refractivity contribution in [1.29, 1.82) is 0 Å². The zero-order valence-corrected chi connectivity index (χ0v) is 15.9. The minimum atomic E-state index is -0.982. The van der Waals surface area contributed by atoms with Gasteiger partial charge < -0.3 is 20.1 Å². The molecular formula is C20H18FN3O6. The van der Waals surface area contributed by atoms with Gasteiger partial charge in [-0.05, 0) is 36.8 Å². The van der Waals surface area contributed by atoms with E-state index in [1.807, 2.05) is 0 Å². The van der Waals surface area contributed by atoms with Gasteiger partial charge in [-0.2, -0.15) is 0 Å². The van der Waals surface area contributed by atoms with Gasteiger partial charge >= 0.3 is 12.0 Å². The molecule has 0 bridgehead atoms. The standard InChI is InChI=1S/C20H18FN3O6/c1-2-29-19(25)17-16(11-30-15-8-6-13(21)7-9-15)22-20(26)23-18(17)12-4-3-5-14(10-12)24(27)28/h3-10,18H,2,11H2,1H3,(H2,22,23,26). The predicted molar refractivity (Wildman–Crippen MR) is 103 cm³/mol. The number of ether oxygens (including phenoxy) is 2. The fourth-order valence-electron chi connectivity index (χ4n) is 2.94. The van der Waals surface area contributed by atoms with Crippen molar-refractivity contribution in [2.75, 3.05) is 13.2 Å². The van der Waals surface area contributed by atoms with E-state index < -0.39 is 28.8 Å². The lowest BCUT2D eigenvalue weighted by atomic mass is 9.95. The Labute approximate surface area is 170 Å². The molecule has 10 heteroatoms. The Kier molecular flexibility index (Phi) is 6.26. The van der Waals surface area contributed by atoms with Crippen LogP contribution in [0, 0.1) is 15.9 Å². The summed E-state index contributed by atoms with van der Waals surface area (Å²) in [6, 6.07) is 9.22. The van der Waals surface area contributed by atoms with Crippen molar-refractivity contribution in [2.45, 2.75) is 13.0 Å². The number of benzene rings is 2. The molecular weight excluding hydrogens is 397 g/mol. The van der Waals surface area contributed by atoms with Gasteiger partial charge in [0.15, 0.2) is 0 Å². The Bertz CT molecular complexity index is 1010. The Morgan fingerprint density at radius 2 is 1.97 bits per heavy atom. The van der Waals surface area contributed by atoms with E-state index in [0.29, 0.717) is 11.3 Å². The van der Waals surface area contributed by atoms with Crippen LogP contribution < -0.4 is 15.4 Å². The Morgan fingerprint density at radius 1 is 1.23 bits per heavy atom. The van der Waals surface area contributed by atoms with Crippen molar-refractivity contribution in [2.24, 2.45) is 0 Å². The predicted octanol–water partition coefficient (Wildman–Crippen LogP) is 2.98. The molecule has 1 unspecified atom stereocenters. The third-order valence-electron chi connectivity index (χ3n) is 4.26. The van der Waals surface area contributed by atoms with Gasteiger partial charge in [0, 0.05) is 12.1 Å². The van der Waals surface area contributed by atoms with E-state index in [-0.39, 0.29) is 30.2 Å². The number of hydrogen-bond donors (Lipinski definition) is 2. The first-order valence-corrected chi connectivity index (χ1v) is 8.99. The zero-order chi connectivity index (χ0) is 21.7. The highest BCUT2D eigenvalue weighted by Crippen LogP contribution is 2.30. The molecule has 1 aliphatic heterocycles. The van der Waals surface area contributed by atoms with Gasteiger partial charge in [0.2, 0.25) is 0 Å². The first-order valence-electron chi connectivity index (χ1n) is 8.99. The van der Waals surface area contributed by atoms with E-state index >= 15 is 0 Å². The number of halogens is 1. The lowest BCUT2D eigenvalue weighted by Gasteiger charge is -2.29. The molecule has 156 valence electrons. The highest BCUT2D eigenvalue weighted by molar-refractivity contribution is 5.95. The van der Waals surface area contributed by atoms with Crippen LogP contribution in [0.2, 0.25) is 0 Å². The van der Waals surface area contributed by atoms with Crippen molar-refractivity contribution in [1.82, 2.24) is 10.6 Å². The summed E-state index contributed by atoms with van der Waals surface area (Å²) in [5.74, 6) is -0.819. The topological polar surface area (TPSA) is 120 Å². The number of nitro groups is 1. The van der Waals surface area contributed by atoms with Gasteiger partial charge in [-0.3, -0.25) is 10.1 Å². The Hall–Kier alpha value is -3.95. The number of esters is 1. The maximum Gasteiger partial charge on any atom is 0.338 e. The zero-order valence-electron chi connectivity index (χ0n) is 15.9. The molecule has 0 aromatic heterocycles. The molecule has 0 aliphatic carbocycles. The summed E-state index contributed by atoms with van der Waals surface area (Å²) in [6.45, 7) is 1.51. The van der Waals surface area contributed by atoms with Crippen LogP contribution in [-0.4, -0.2) is 30.1 Å². The number of non-ortho nitro benzene ring substituents is 1.